The summed E-state index contributed by atoms with van der Waals surface area (Å²) in [7, 11) is 0. The van der Waals surface area contributed by atoms with Crippen molar-refractivity contribution >= 4 is 5.91 Å². The molecular weight excluding hydrogens is 336 g/mol. The van der Waals surface area contributed by atoms with Gasteiger partial charge >= 0.3 is 0 Å². The number of rotatable bonds is 6. The lowest BCUT2D eigenvalue weighted by Gasteiger charge is -2.28. The monoisotopic (exact) mass is 366 g/mol. The molecule has 1 aliphatic heterocycles. The van der Waals surface area contributed by atoms with Crippen molar-refractivity contribution in [3.63, 3.8) is 0 Å². The lowest BCUT2D eigenvalue weighted by Crippen LogP contribution is -2.42. The maximum absolute atomic E-state index is 12.5. The van der Waals surface area contributed by atoms with Crippen molar-refractivity contribution < 1.29 is 9.53 Å². The molecule has 0 saturated carbocycles. The number of carbonyl (C=O) groups is 1. The third kappa shape index (κ3) is 5.57. The van der Waals surface area contributed by atoms with Crippen LogP contribution >= 0.6 is 0 Å². The number of benzene rings is 2. The molecule has 0 bridgehead atoms. The lowest BCUT2D eigenvalue weighted by molar-refractivity contribution is -0.126. The maximum atomic E-state index is 12.5. The first-order valence-electron chi connectivity index (χ1n) is 9.83. The molecule has 4 heteroatoms. The van der Waals surface area contributed by atoms with E-state index in [9.17, 15) is 4.79 Å². The second-order valence-corrected chi connectivity index (χ2v) is 7.65. The zero-order chi connectivity index (χ0) is 19.2. The van der Waals surface area contributed by atoms with Crippen LogP contribution in [0.2, 0.25) is 0 Å². The molecule has 2 N–H and O–H groups in total. The van der Waals surface area contributed by atoms with Crippen molar-refractivity contribution in [2.45, 2.75) is 52.3 Å². The Bertz CT molecular complexity index is 757. The van der Waals surface area contributed by atoms with E-state index in [0.29, 0.717) is 12.6 Å². The van der Waals surface area contributed by atoms with Gasteiger partial charge in [-0.2, -0.15) is 0 Å². The van der Waals surface area contributed by atoms with E-state index in [1.54, 1.807) is 0 Å². The van der Waals surface area contributed by atoms with Gasteiger partial charge < -0.3 is 15.4 Å². The summed E-state index contributed by atoms with van der Waals surface area (Å²) in [6.07, 6.45) is 1.82. The van der Waals surface area contributed by atoms with Gasteiger partial charge in [-0.25, -0.2) is 0 Å². The van der Waals surface area contributed by atoms with Crippen molar-refractivity contribution in [1.29, 1.82) is 0 Å². The van der Waals surface area contributed by atoms with E-state index in [4.69, 9.17) is 4.74 Å². The summed E-state index contributed by atoms with van der Waals surface area (Å²) in [4.78, 5) is 12.5. The molecule has 3 rings (SSSR count). The Hall–Kier alpha value is -2.33. The summed E-state index contributed by atoms with van der Waals surface area (Å²) < 4.78 is 5.88. The van der Waals surface area contributed by atoms with Gasteiger partial charge in [0.25, 0.3) is 0 Å². The van der Waals surface area contributed by atoms with Gasteiger partial charge in [0.2, 0.25) is 5.91 Å². The molecule has 0 aromatic heterocycles. The van der Waals surface area contributed by atoms with Gasteiger partial charge in [-0.1, -0.05) is 42.0 Å². The Kier molecular flexibility index (Phi) is 6.51. The molecule has 0 aliphatic carbocycles. The van der Waals surface area contributed by atoms with E-state index < -0.39 is 0 Å². The number of aryl methyl sites for hydroxylation is 1. The van der Waals surface area contributed by atoms with Gasteiger partial charge in [0.1, 0.15) is 12.4 Å². The molecule has 144 valence electrons. The second kappa shape index (κ2) is 9.05. The van der Waals surface area contributed by atoms with E-state index in [1.807, 2.05) is 37.3 Å². The Morgan fingerprint density at radius 2 is 2.04 bits per heavy atom. The first-order valence-corrected chi connectivity index (χ1v) is 9.83. The van der Waals surface area contributed by atoms with E-state index in [1.165, 1.54) is 5.56 Å². The van der Waals surface area contributed by atoms with Crippen LogP contribution in [0.3, 0.4) is 0 Å². The maximum Gasteiger partial charge on any atom is 0.223 e. The number of piperidine rings is 1. The van der Waals surface area contributed by atoms with E-state index in [2.05, 4.69) is 42.7 Å². The molecule has 3 atom stereocenters. The molecule has 0 spiro atoms. The van der Waals surface area contributed by atoms with Gasteiger partial charge in [0.05, 0.1) is 6.04 Å². The molecular formula is C23H30N2O2. The average Bonchev–Trinajstić information content (AvgIpc) is 2.67. The van der Waals surface area contributed by atoms with Gasteiger partial charge in [-0.05, 0) is 63.4 Å². The topological polar surface area (TPSA) is 50.4 Å². The predicted molar refractivity (Wildman–Crippen MR) is 109 cm³/mol. The third-order valence-corrected chi connectivity index (χ3v) is 5.22. The molecule has 2 aromatic carbocycles. The number of hydrogen-bond acceptors (Lipinski definition) is 3. The highest BCUT2D eigenvalue weighted by molar-refractivity contribution is 5.79. The molecule has 1 saturated heterocycles. The average molecular weight is 367 g/mol. The Morgan fingerprint density at radius 1 is 1.26 bits per heavy atom. The van der Waals surface area contributed by atoms with Crippen LogP contribution < -0.4 is 15.4 Å². The molecule has 1 unspecified atom stereocenters. The van der Waals surface area contributed by atoms with Crippen LogP contribution in [-0.2, 0) is 11.4 Å². The van der Waals surface area contributed by atoms with Crippen molar-refractivity contribution in [2.75, 3.05) is 6.54 Å². The fourth-order valence-corrected chi connectivity index (χ4v) is 3.61. The Balaban J connectivity index is 1.52. The molecule has 1 fully saturated rings. The summed E-state index contributed by atoms with van der Waals surface area (Å²) in [5.74, 6) is 1.11. The second-order valence-electron chi connectivity index (χ2n) is 7.65. The molecule has 27 heavy (non-hydrogen) atoms. The summed E-state index contributed by atoms with van der Waals surface area (Å²) in [5, 5.41) is 6.55. The summed E-state index contributed by atoms with van der Waals surface area (Å²) in [6.45, 7) is 7.73. The summed E-state index contributed by atoms with van der Waals surface area (Å²) in [5.41, 5.74) is 3.49. The Labute approximate surface area is 162 Å². The fourth-order valence-electron chi connectivity index (χ4n) is 3.61. The number of amides is 1. The number of hydrogen-bond donors (Lipinski definition) is 2. The van der Waals surface area contributed by atoms with E-state index in [0.717, 1.165) is 36.3 Å². The van der Waals surface area contributed by atoms with Gasteiger partial charge in [0.15, 0.2) is 0 Å². The lowest BCUT2D eigenvalue weighted by atomic mass is 9.92. The standard InChI is InChI=1S/C23H30N2O2/c1-16-5-4-6-19(13-16)15-27-22-9-7-20(8-10-22)18(3)25-23(26)21-11-12-24-17(2)14-21/h4-10,13,17-18,21,24H,11-12,14-15H2,1-3H3,(H,25,26)/t17-,18?,21-/m0/s1. The minimum Gasteiger partial charge on any atom is -0.489 e. The zero-order valence-electron chi connectivity index (χ0n) is 16.5. The predicted octanol–water partition coefficient (Wildman–Crippen LogP) is 4.14. The van der Waals surface area contributed by atoms with Crippen LogP contribution in [0.15, 0.2) is 48.5 Å². The number of nitrogens with one attached hydrogen (secondary N) is 2. The first kappa shape index (κ1) is 19.4. The van der Waals surface area contributed by atoms with Gasteiger partial charge in [-0.3, -0.25) is 4.79 Å². The third-order valence-electron chi connectivity index (χ3n) is 5.22. The SMILES string of the molecule is Cc1cccc(COc2ccc(C(C)NC(=O)[C@H]3CCN[C@@H](C)C3)cc2)c1. The van der Waals surface area contributed by atoms with Gasteiger partial charge in [0, 0.05) is 12.0 Å². The highest BCUT2D eigenvalue weighted by Gasteiger charge is 2.25. The molecule has 0 radical (unpaired) electrons. The largest absolute Gasteiger partial charge is 0.489 e. The normalized spacial score (nSPS) is 20.7. The summed E-state index contributed by atoms with van der Waals surface area (Å²) >= 11 is 0. The summed E-state index contributed by atoms with van der Waals surface area (Å²) in [6, 6.07) is 16.7. The Morgan fingerprint density at radius 3 is 2.74 bits per heavy atom. The molecule has 1 amide bonds. The smallest absolute Gasteiger partial charge is 0.223 e. The van der Waals surface area contributed by atoms with E-state index >= 15 is 0 Å². The number of ether oxygens (including phenoxy) is 1. The highest BCUT2D eigenvalue weighted by Crippen LogP contribution is 2.21. The molecule has 1 heterocycles. The van der Waals surface area contributed by atoms with Crippen molar-refractivity contribution in [1.82, 2.24) is 10.6 Å². The fraction of sp³-hybridized carbons (Fsp3) is 0.435. The molecule has 4 nitrogen and oxygen atoms in total. The van der Waals surface area contributed by atoms with Gasteiger partial charge in [-0.15, -0.1) is 0 Å². The van der Waals surface area contributed by atoms with Crippen LogP contribution in [0.1, 0.15) is 49.4 Å². The quantitative estimate of drug-likeness (QED) is 0.808. The zero-order valence-corrected chi connectivity index (χ0v) is 16.5. The van der Waals surface area contributed by atoms with Crippen molar-refractivity contribution in [3.8, 4) is 5.75 Å². The van der Waals surface area contributed by atoms with Crippen molar-refractivity contribution in [2.24, 2.45) is 5.92 Å². The van der Waals surface area contributed by atoms with Crippen LogP contribution in [0.25, 0.3) is 0 Å². The molecule has 1 aliphatic rings. The molecule has 2 aromatic rings. The number of carbonyl (C=O) groups excluding carboxylic acids is 1. The van der Waals surface area contributed by atoms with Crippen LogP contribution in [0, 0.1) is 12.8 Å². The van der Waals surface area contributed by atoms with Crippen molar-refractivity contribution in [3.05, 3.63) is 65.2 Å². The highest BCUT2D eigenvalue weighted by atomic mass is 16.5. The van der Waals surface area contributed by atoms with Crippen LogP contribution in [0.5, 0.6) is 5.75 Å². The van der Waals surface area contributed by atoms with Crippen LogP contribution in [-0.4, -0.2) is 18.5 Å². The van der Waals surface area contributed by atoms with E-state index in [-0.39, 0.29) is 17.9 Å². The minimum absolute atomic E-state index is 0.00600. The first-order chi connectivity index (χ1) is 13.0. The van der Waals surface area contributed by atoms with Crippen LogP contribution in [0.4, 0.5) is 0 Å². The minimum atomic E-state index is -0.00600.